The molecule has 0 amide bonds. The van der Waals surface area contributed by atoms with Crippen LogP contribution in [0.1, 0.15) is 5.56 Å². The molecule has 1 aromatic carbocycles. The summed E-state index contributed by atoms with van der Waals surface area (Å²) < 4.78 is 48.1. The maximum atomic E-state index is 12.5. The van der Waals surface area contributed by atoms with Crippen LogP contribution in [-0.4, -0.2) is 65.7 Å². The number of piperazine rings is 1. The van der Waals surface area contributed by atoms with Crippen molar-refractivity contribution in [2.24, 2.45) is 0 Å². The molecule has 0 aliphatic carbocycles. The summed E-state index contributed by atoms with van der Waals surface area (Å²) in [5.74, 6) is 0. The van der Waals surface area contributed by atoms with Gasteiger partial charge in [-0.2, -0.15) is 4.31 Å². The summed E-state index contributed by atoms with van der Waals surface area (Å²) >= 11 is -2.00. The van der Waals surface area contributed by atoms with Crippen LogP contribution in [0, 0.1) is 6.92 Å². The number of nitrogens with one attached hydrogen (secondary N) is 1. The summed E-state index contributed by atoms with van der Waals surface area (Å²) in [6.45, 7) is 5.02. The molecule has 7 nitrogen and oxygen atoms in total. The Bertz CT molecular complexity index is 611. The van der Waals surface area contributed by atoms with Gasteiger partial charge in [-0.1, -0.05) is 17.7 Å². The van der Waals surface area contributed by atoms with Crippen LogP contribution in [0.15, 0.2) is 29.2 Å². The molecule has 2 N–H and O–H groups in total. The number of sulfonamides is 1. The summed E-state index contributed by atoms with van der Waals surface area (Å²) in [5.41, 5.74) is 1.03. The second-order valence-electron chi connectivity index (χ2n) is 5.20. The molecule has 1 atom stereocenters. The van der Waals surface area contributed by atoms with Crippen molar-refractivity contribution < 1.29 is 17.2 Å². The van der Waals surface area contributed by atoms with E-state index in [4.69, 9.17) is 4.55 Å². The van der Waals surface area contributed by atoms with E-state index in [2.05, 4.69) is 9.62 Å². The van der Waals surface area contributed by atoms with Gasteiger partial charge in [0.1, 0.15) is 0 Å². The molecule has 1 aliphatic rings. The quantitative estimate of drug-likeness (QED) is 0.709. The first kappa shape index (κ1) is 17.5. The van der Waals surface area contributed by atoms with Crippen molar-refractivity contribution in [3.8, 4) is 0 Å². The van der Waals surface area contributed by atoms with Crippen LogP contribution in [0.3, 0.4) is 0 Å². The Hall–Kier alpha value is -0.840. The van der Waals surface area contributed by atoms with Gasteiger partial charge in [0.2, 0.25) is 21.3 Å². The van der Waals surface area contributed by atoms with Crippen molar-refractivity contribution in [2.75, 3.05) is 39.3 Å². The third-order valence-electron chi connectivity index (χ3n) is 3.64. The normalized spacial score (nSPS) is 19.2. The maximum Gasteiger partial charge on any atom is 0.243 e. The second kappa shape index (κ2) is 7.62. The largest absolute Gasteiger partial charge is 0.299 e. The van der Waals surface area contributed by atoms with Crippen molar-refractivity contribution in [3.63, 3.8) is 0 Å². The fraction of sp³-hybridized carbons (Fsp3) is 0.538. The van der Waals surface area contributed by atoms with Gasteiger partial charge in [0, 0.05) is 39.3 Å². The molecular formula is C13H21N3O4S2. The van der Waals surface area contributed by atoms with Gasteiger partial charge in [0.15, 0.2) is 0 Å². The third-order valence-corrected chi connectivity index (χ3v) is 6.01. The zero-order valence-corrected chi connectivity index (χ0v) is 14.1. The Morgan fingerprint density at radius 3 is 2.32 bits per heavy atom. The van der Waals surface area contributed by atoms with Gasteiger partial charge in [-0.05, 0) is 19.1 Å². The number of aryl methyl sites for hydroxylation is 1. The van der Waals surface area contributed by atoms with Crippen molar-refractivity contribution in [2.45, 2.75) is 11.8 Å². The summed E-state index contributed by atoms with van der Waals surface area (Å²) in [6.07, 6.45) is 0. The fourth-order valence-corrected chi connectivity index (χ4v) is 4.03. The number of nitrogens with zero attached hydrogens (tertiary/aromatic N) is 2. The summed E-state index contributed by atoms with van der Waals surface area (Å²) in [7, 11) is -3.43. The van der Waals surface area contributed by atoms with E-state index in [1.54, 1.807) is 24.3 Å². The highest BCUT2D eigenvalue weighted by Crippen LogP contribution is 2.18. The molecule has 0 spiro atoms. The summed E-state index contributed by atoms with van der Waals surface area (Å²) in [6, 6.07) is 6.86. The van der Waals surface area contributed by atoms with Crippen molar-refractivity contribution in [1.29, 1.82) is 0 Å². The lowest BCUT2D eigenvalue weighted by molar-refractivity contribution is 0.191. The van der Waals surface area contributed by atoms with E-state index in [1.165, 1.54) is 4.31 Å². The van der Waals surface area contributed by atoms with E-state index in [0.29, 0.717) is 44.2 Å². The van der Waals surface area contributed by atoms with E-state index in [9.17, 15) is 12.6 Å². The molecular weight excluding hydrogens is 326 g/mol. The molecule has 1 unspecified atom stereocenters. The molecule has 1 saturated heterocycles. The average Bonchev–Trinajstić information content (AvgIpc) is 2.48. The minimum Gasteiger partial charge on any atom is -0.299 e. The SMILES string of the molecule is Cc1ccc(S(=O)(=O)N2CCN(CCNS(=O)O)CC2)cc1. The van der Waals surface area contributed by atoms with Crippen molar-refractivity contribution in [3.05, 3.63) is 29.8 Å². The molecule has 1 aliphatic heterocycles. The van der Waals surface area contributed by atoms with Crippen LogP contribution < -0.4 is 4.72 Å². The number of hydrogen-bond donors (Lipinski definition) is 2. The Morgan fingerprint density at radius 2 is 1.77 bits per heavy atom. The minimum absolute atomic E-state index is 0.323. The lowest BCUT2D eigenvalue weighted by Gasteiger charge is -2.33. The molecule has 1 heterocycles. The van der Waals surface area contributed by atoms with Gasteiger partial charge in [0.05, 0.1) is 4.90 Å². The third kappa shape index (κ3) is 4.58. The zero-order chi connectivity index (χ0) is 16.2. The molecule has 0 aromatic heterocycles. The van der Waals surface area contributed by atoms with Crippen molar-refractivity contribution >= 4 is 21.3 Å². The van der Waals surface area contributed by atoms with E-state index in [0.717, 1.165) is 5.56 Å². The predicted octanol–water partition coefficient (Wildman–Crippen LogP) is 0.0276. The highest BCUT2D eigenvalue weighted by molar-refractivity contribution is 7.89. The summed E-state index contributed by atoms with van der Waals surface area (Å²) in [4.78, 5) is 2.39. The first-order chi connectivity index (χ1) is 10.4. The van der Waals surface area contributed by atoms with Gasteiger partial charge >= 0.3 is 0 Å². The molecule has 1 aromatic rings. The smallest absolute Gasteiger partial charge is 0.243 e. The van der Waals surface area contributed by atoms with E-state index in [-0.39, 0.29) is 0 Å². The van der Waals surface area contributed by atoms with Crippen LogP contribution >= 0.6 is 0 Å². The Morgan fingerprint density at radius 1 is 1.18 bits per heavy atom. The van der Waals surface area contributed by atoms with Gasteiger partial charge < -0.3 is 0 Å². The van der Waals surface area contributed by atoms with E-state index >= 15 is 0 Å². The molecule has 9 heteroatoms. The maximum absolute atomic E-state index is 12.5. The number of benzene rings is 1. The first-order valence-corrected chi connectivity index (χ1v) is 9.58. The highest BCUT2D eigenvalue weighted by atomic mass is 32.2. The van der Waals surface area contributed by atoms with Crippen molar-refractivity contribution in [1.82, 2.24) is 13.9 Å². The topological polar surface area (TPSA) is 90.0 Å². The molecule has 0 saturated carbocycles. The first-order valence-electron chi connectivity index (χ1n) is 7.03. The molecule has 0 bridgehead atoms. The Kier molecular flexibility index (Phi) is 6.07. The van der Waals surface area contributed by atoms with E-state index in [1.807, 2.05) is 6.92 Å². The molecule has 2 rings (SSSR count). The van der Waals surface area contributed by atoms with Crippen LogP contribution in [0.2, 0.25) is 0 Å². The van der Waals surface area contributed by atoms with Gasteiger partial charge in [0.25, 0.3) is 0 Å². The second-order valence-corrected chi connectivity index (χ2v) is 7.93. The van der Waals surface area contributed by atoms with Gasteiger partial charge in [-0.15, -0.1) is 0 Å². The predicted molar refractivity (Wildman–Crippen MR) is 85.2 cm³/mol. The highest BCUT2D eigenvalue weighted by Gasteiger charge is 2.28. The lowest BCUT2D eigenvalue weighted by atomic mass is 10.2. The molecule has 1 fully saturated rings. The monoisotopic (exact) mass is 347 g/mol. The minimum atomic E-state index is -3.43. The molecule has 0 radical (unpaired) electrons. The molecule has 124 valence electrons. The lowest BCUT2D eigenvalue weighted by Crippen LogP contribution is -2.49. The standard InChI is InChI=1S/C13H21N3O4S2/c1-12-2-4-13(5-3-12)22(19,20)16-10-8-15(9-11-16)7-6-14-21(17)18/h2-5,14H,6-11H2,1H3,(H,17,18). The van der Waals surface area contributed by atoms with E-state index < -0.39 is 21.3 Å². The Balaban J connectivity index is 1.90. The number of rotatable bonds is 6. The number of hydrogen-bond acceptors (Lipinski definition) is 4. The fourth-order valence-electron chi connectivity index (χ4n) is 2.34. The van der Waals surface area contributed by atoms with Gasteiger partial charge in [-0.25, -0.2) is 17.3 Å². The van der Waals surface area contributed by atoms with Crippen LogP contribution in [-0.2, 0) is 21.3 Å². The van der Waals surface area contributed by atoms with Crippen LogP contribution in [0.4, 0.5) is 0 Å². The van der Waals surface area contributed by atoms with Crippen LogP contribution in [0.5, 0.6) is 0 Å². The zero-order valence-electron chi connectivity index (χ0n) is 12.4. The summed E-state index contributed by atoms with van der Waals surface area (Å²) in [5, 5.41) is 0. The average molecular weight is 347 g/mol. The molecule has 22 heavy (non-hydrogen) atoms. The Labute approximate surface area is 133 Å². The van der Waals surface area contributed by atoms with Gasteiger partial charge in [-0.3, -0.25) is 9.45 Å². The van der Waals surface area contributed by atoms with Crippen LogP contribution in [0.25, 0.3) is 0 Å².